The highest BCUT2D eigenvalue weighted by Crippen LogP contribution is 2.18. The van der Waals surface area contributed by atoms with Gasteiger partial charge in [-0.2, -0.15) is 0 Å². The summed E-state index contributed by atoms with van der Waals surface area (Å²) in [6.45, 7) is 4.37. The van der Waals surface area contributed by atoms with E-state index in [9.17, 15) is 9.90 Å². The van der Waals surface area contributed by atoms with Crippen LogP contribution in [0.25, 0.3) is 0 Å². The molecule has 4 nitrogen and oxygen atoms in total. The number of hydrogen-bond donors (Lipinski definition) is 3. The molecule has 0 saturated carbocycles. The average molecular weight is 296 g/mol. The van der Waals surface area contributed by atoms with Gasteiger partial charge in [-0.15, -0.1) is 11.8 Å². The van der Waals surface area contributed by atoms with E-state index >= 15 is 0 Å². The Morgan fingerprint density at radius 1 is 1.35 bits per heavy atom. The Bertz CT molecular complexity index is 422. The van der Waals surface area contributed by atoms with Gasteiger partial charge in [0.2, 0.25) is 0 Å². The lowest BCUT2D eigenvalue weighted by molar-refractivity contribution is 0.104. The first-order chi connectivity index (χ1) is 9.60. The minimum Gasteiger partial charge on any atom is -0.391 e. The smallest absolute Gasteiger partial charge is 0.319 e. The number of benzene rings is 1. The standard InChI is InChI=1S/C15H24N2O2S/c1-4-11(5-2)14(18)10-16-15(19)17-12-7-6-8-13(9-12)20-3/h6-9,11,14,18H,4-5,10H2,1-3H3,(H2,16,17,19). The predicted molar refractivity (Wildman–Crippen MR) is 85.3 cm³/mol. The van der Waals surface area contributed by atoms with Crippen molar-refractivity contribution in [2.45, 2.75) is 37.7 Å². The molecule has 0 heterocycles. The van der Waals surface area contributed by atoms with E-state index in [0.717, 1.165) is 23.4 Å². The summed E-state index contributed by atoms with van der Waals surface area (Å²) in [6, 6.07) is 7.37. The number of rotatable bonds is 7. The number of urea groups is 1. The van der Waals surface area contributed by atoms with Crippen LogP contribution in [0.1, 0.15) is 26.7 Å². The monoisotopic (exact) mass is 296 g/mol. The van der Waals surface area contributed by atoms with Crippen molar-refractivity contribution < 1.29 is 9.90 Å². The fraction of sp³-hybridized carbons (Fsp3) is 0.533. The van der Waals surface area contributed by atoms with E-state index in [1.54, 1.807) is 11.8 Å². The molecule has 0 aliphatic heterocycles. The summed E-state index contributed by atoms with van der Waals surface area (Å²) in [5.74, 6) is 0.232. The maximum absolute atomic E-state index is 11.8. The lowest BCUT2D eigenvalue weighted by Gasteiger charge is -2.20. The van der Waals surface area contributed by atoms with Gasteiger partial charge in [-0.1, -0.05) is 32.8 Å². The van der Waals surface area contributed by atoms with Crippen LogP contribution in [0.4, 0.5) is 10.5 Å². The highest BCUT2D eigenvalue weighted by Gasteiger charge is 2.16. The van der Waals surface area contributed by atoms with Crippen molar-refractivity contribution in [1.29, 1.82) is 0 Å². The SMILES string of the molecule is CCC(CC)C(O)CNC(=O)Nc1cccc(SC)c1. The Kier molecular flexibility index (Phi) is 7.47. The van der Waals surface area contributed by atoms with Crippen molar-refractivity contribution >= 4 is 23.5 Å². The Morgan fingerprint density at radius 2 is 2.05 bits per heavy atom. The second-order valence-electron chi connectivity index (χ2n) is 4.71. The van der Waals surface area contributed by atoms with Crippen LogP contribution in [0, 0.1) is 5.92 Å². The molecule has 1 aromatic carbocycles. The molecule has 0 saturated heterocycles. The van der Waals surface area contributed by atoms with Gasteiger partial charge in [-0.25, -0.2) is 4.79 Å². The molecule has 0 aliphatic carbocycles. The van der Waals surface area contributed by atoms with Gasteiger partial charge in [0, 0.05) is 17.1 Å². The Balaban J connectivity index is 2.43. The van der Waals surface area contributed by atoms with Gasteiger partial charge >= 0.3 is 6.03 Å². The number of nitrogens with one attached hydrogen (secondary N) is 2. The summed E-state index contributed by atoms with van der Waals surface area (Å²) in [5, 5.41) is 15.4. The summed E-state index contributed by atoms with van der Waals surface area (Å²) in [7, 11) is 0. The van der Waals surface area contributed by atoms with Crippen LogP contribution in [0.2, 0.25) is 0 Å². The van der Waals surface area contributed by atoms with Gasteiger partial charge in [0.1, 0.15) is 0 Å². The molecule has 112 valence electrons. The third-order valence-electron chi connectivity index (χ3n) is 3.39. The van der Waals surface area contributed by atoms with Crippen molar-refractivity contribution in [2.24, 2.45) is 5.92 Å². The third-order valence-corrected chi connectivity index (χ3v) is 4.12. The van der Waals surface area contributed by atoms with Crippen LogP contribution in [0.15, 0.2) is 29.2 Å². The summed E-state index contributed by atoms with van der Waals surface area (Å²) in [5.41, 5.74) is 0.756. The van der Waals surface area contributed by atoms with E-state index < -0.39 is 6.10 Å². The molecule has 0 spiro atoms. The van der Waals surface area contributed by atoms with E-state index in [1.165, 1.54) is 0 Å². The Morgan fingerprint density at radius 3 is 2.65 bits per heavy atom. The minimum atomic E-state index is -0.492. The number of anilines is 1. The Labute approximate surface area is 125 Å². The number of aliphatic hydroxyl groups is 1. The fourth-order valence-corrected chi connectivity index (χ4v) is 2.53. The molecule has 1 rings (SSSR count). The number of carbonyl (C=O) groups excluding carboxylic acids is 1. The van der Waals surface area contributed by atoms with E-state index in [4.69, 9.17) is 0 Å². The average Bonchev–Trinajstić information content (AvgIpc) is 2.46. The van der Waals surface area contributed by atoms with E-state index in [2.05, 4.69) is 10.6 Å². The van der Waals surface area contributed by atoms with Crippen molar-refractivity contribution in [2.75, 3.05) is 18.1 Å². The first-order valence-electron chi connectivity index (χ1n) is 6.97. The first-order valence-corrected chi connectivity index (χ1v) is 8.20. The van der Waals surface area contributed by atoms with Crippen LogP contribution < -0.4 is 10.6 Å². The van der Waals surface area contributed by atoms with Crippen LogP contribution in [-0.2, 0) is 0 Å². The number of thioether (sulfide) groups is 1. The normalized spacial score (nSPS) is 12.2. The molecule has 0 bridgehead atoms. The number of carbonyl (C=O) groups is 1. The lowest BCUT2D eigenvalue weighted by atomic mass is 9.97. The van der Waals surface area contributed by atoms with Crippen molar-refractivity contribution in [1.82, 2.24) is 5.32 Å². The van der Waals surface area contributed by atoms with E-state index in [-0.39, 0.29) is 18.5 Å². The maximum atomic E-state index is 11.8. The molecule has 0 aliphatic rings. The van der Waals surface area contributed by atoms with Gasteiger partial charge in [-0.3, -0.25) is 0 Å². The summed E-state index contributed by atoms with van der Waals surface area (Å²) in [4.78, 5) is 12.9. The zero-order valence-electron chi connectivity index (χ0n) is 12.3. The van der Waals surface area contributed by atoms with E-state index in [1.807, 2.05) is 44.4 Å². The molecule has 3 N–H and O–H groups in total. The third kappa shape index (κ3) is 5.43. The van der Waals surface area contributed by atoms with Crippen molar-refractivity contribution in [3.8, 4) is 0 Å². The molecule has 5 heteroatoms. The topological polar surface area (TPSA) is 61.4 Å². The largest absolute Gasteiger partial charge is 0.391 e. The lowest BCUT2D eigenvalue weighted by Crippen LogP contribution is -2.38. The predicted octanol–water partition coefficient (Wildman–Crippen LogP) is 3.33. The minimum absolute atomic E-state index is 0.232. The molecule has 1 atom stereocenters. The first kappa shape index (κ1) is 16.9. The van der Waals surface area contributed by atoms with Crippen molar-refractivity contribution in [3.05, 3.63) is 24.3 Å². The fourth-order valence-electron chi connectivity index (χ4n) is 2.07. The van der Waals surface area contributed by atoms with Gasteiger partial charge in [0.25, 0.3) is 0 Å². The second kappa shape index (κ2) is 8.87. The van der Waals surface area contributed by atoms with Gasteiger partial charge in [0.05, 0.1) is 6.10 Å². The second-order valence-corrected chi connectivity index (χ2v) is 5.59. The van der Waals surface area contributed by atoms with Crippen LogP contribution in [-0.4, -0.2) is 30.0 Å². The summed E-state index contributed by atoms with van der Waals surface area (Å²) < 4.78 is 0. The van der Waals surface area contributed by atoms with Gasteiger partial charge in [0.15, 0.2) is 0 Å². The van der Waals surface area contributed by atoms with Crippen LogP contribution in [0.3, 0.4) is 0 Å². The molecule has 1 unspecified atom stereocenters. The molecule has 2 amide bonds. The van der Waals surface area contributed by atoms with Crippen molar-refractivity contribution in [3.63, 3.8) is 0 Å². The molecule has 0 radical (unpaired) electrons. The quantitative estimate of drug-likeness (QED) is 0.676. The molecular formula is C15H24N2O2S. The summed E-state index contributed by atoms with van der Waals surface area (Å²) >= 11 is 1.63. The number of amides is 2. The number of hydrogen-bond acceptors (Lipinski definition) is 3. The number of aliphatic hydroxyl groups excluding tert-OH is 1. The van der Waals surface area contributed by atoms with Gasteiger partial charge in [-0.05, 0) is 30.4 Å². The Hall–Kier alpha value is -1.20. The highest BCUT2D eigenvalue weighted by atomic mass is 32.2. The van der Waals surface area contributed by atoms with Crippen LogP contribution >= 0.6 is 11.8 Å². The zero-order chi connectivity index (χ0) is 15.0. The van der Waals surface area contributed by atoms with Gasteiger partial charge < -0.3 is 15.7 Å². The highest BCUT2D eigenvalue weighted by molar-refractivity contribution is 7.98. The molecule has 20 heavy (non-hydrogen) atoms. The molecule has 0 fully saturated rings. The van der Waals surface area contributed by atoms with Crippen LogP contribution in [0.5, 0.6) is 0 Å². The summed E-state index contributed by atoms with van der Waals surface area (Å²) in [6.07, 6.45) is 3.33. The zero-order valence-corrected chi connectivity index (χ0v) is 13.2. The molecule has 0 aromatic heterocycles. The maximum Gasteiger partial charge on any atom is 0.319 e. The van der Waals surface area contributed by atoms with E-state index in [0.29, 0.717) is 0 Å². The molecule has 1 aromatic rings. The molecular weight excluding hydrogens is 272 g/mol.